The second kappa shape index (κ2) is 13.2. The van der Waals surface area contributed by atoms with Crippen LogP contribution in [0.5, 0.6) is 0 Å². The number of hydrogen-bond donors (Lipinski definition) is 2. The molecule has 0 aromatic carbocycles. The predicted octanol–water partition coefficient (Wildman–Crippen LogP) is 6.78. The monoisotopic (exact) mass is 600 g/mol. The lowest BCUT2D eigenvalue weighted by molar-refractivity contribution is -0.187. The number of esters is 2. The molecule has 0 spiro atoms. The lowest BCUT2D eigenvalue weighted by Crippen LogP contribution is -2.61. The molecule has 0 unspecified atom stereocenters. The van der Waals surface area contributed by atoms with Crippen molar-refractivity contribution in [3.63, 3.8) is 0 Å². The molecule has 4 aliphatic carbocycles. The van der Waals surface area contributed by atoms with Crippen molar-refractivity contribution in [3.8, 4) is 0 Å². The summed E-state index contributed by atoms with van der Waals surface area (Å²) in [5, 5.41) is 24.6. The van der Waals surface area contributed by atoms with Gasteiger partial charge in [-0.05, 0) is 43.3 Å². The lowest BCUT2D eigenvalue weighted by atomic mass is 9.60. The van der Waals surface area contributed by atoms with E-state index in [1.165, 1.54) is 25.7 Å². The van der Waals surface area contributed by atoms with E-state index in [0.717, 1.165) is 38.5 Å². The first-order valence-electron chi connectivity index (χ1n) is 17.0. The van der Waals surface area contributed by atoms with Crippen LogP contribution in [0.4, 0.5) is 0 Å². The summed E-state index contributed by atoms with van der Waals surface area (Å²) >= 11 is 0. The second-order valence-electron chi connectivity index (χ2n) is 14.7. The number of ketones is 1. The number of unbranched alkanes of at least 4 members (excludes halogenated alkanes) is 8. The van der Waals surface area contributed by atoms with Gasteiger partial charge in [-0.3, -0.25) is 14.4 Å². The van der Waals surface area contributed by atoms with Gasteiger partial charge in [0.15, 0.2) is 5.78 Å². The third-order valence-electron chi connectivity index (χ3n) is 11.4. The maximum Gasteiger partial charge on any atom is 0.306 e. The topological polar surface area (TPSA) is 110 Å². The van der Waals surface area contributed by atoms with Crippen LogP contribution in [-0.2, 0) is 23.9 Å². The van der Waals surface area contributed by atoms with E-state index in [2.05, 4.69) is 27.7 Å². The predicted molar refractivity (Wildman–Crippen MR) is 166 cm³/mol. The molecular formula is C36H56O7. The highest BCUT2D eigenvalue weighted by molar-refractivity contribution is 6.04. The number of aliphatic hydroxyl groups is 2. The molecule has 7 nitrogen and oxygen atoms in total. The van der Waals surface area contributed by atoms with Gasteiger partial charge in [0.25, 0.3) is 0 Å². The van der Waals surface area contributed by atoms with Crippen LogP contribution in [-0.4, -0.2) is 51.3 Å². The van der Waals surface area contributed by atoms with E-state index in [0.29, 0.717) is 30.4 Å². The van der Waals surface area contributed by atoms with Crippen molar-refractivity contribution in [2.45, 2.75) is 148 Å². The Balaban J connectivity index is 1.55. The molecule has 0 saturated heterocycles. The van der Waals surface area contributed by atoms with Crippen LogP contribution < -0.4 is 0 Å². The summed E-state index contributed by atoms with van der Waals surface area (Å²) in [7, 11) is 0. The molecule has 43 heavy (non-hydrogen) atoms. The fraction of sp³-hybridized carbons (Fsp3) is 0.806. The van der Waals surface area contributed by atoms with Crippen molar-refractivity contribution in [2.75, 3.05) is 6.61 Å². The average Bonchev–Trinajstić information content (AvgIpc) is 3.35. The smallest absolute Gasteiger partial charge is 0.306 e. The highest BCUT2D eigenvalue weighted by atomic mass is 16.6. The normalized spacial score (nSPS) is 35.6. The zero-order valence-corrected chi connectivity index (χ0v) is 27.5. The molecule has 2 fully saturated rings. The molecule has 7 heteroatoms. The van der Waals surface area contributed by atoms with E-state index in [4.69, 9.17) is 9.47 Å². The highest BCUT2D eigenvalue weighted by Gasteiger charge is 2.83. The van der Waals surface area contributed by atoms with Gasteiger partial charge in [0.2, 0.25) is 0 Å². The number of fused-ring (bicyclic) bond motifs is 5. The van der Waals surface area contributed by atoms with Crippen LogP contribution in [0.1, 0.15) is 131 Å². The standard InChI is InChI=1S/C36H56O7/c1-7-9-11-12-13-14-16-17-29(37)42-23-26-20-27-31-33(5,6)35(31,43-30(38)18-15-10-8-2)21-25(4)36(27,41)28-19-24(3)32(39)34(28,40)22-26/h19-20,25,27-28,31,40-41H,7-18,21-23H2,1-6H3/t25-,27+,28-,31-,34-,35+,36-/m1/s1. The number of ether oxygens (including phenoxy) is 2. The van der Waals surface area contributed by atoms with Gasteiger partial charge in [-0.1, -0.05) is 98.1 Å². The van der Waals surface area contributed by atoms with Crippen molar-refractivity contribution in [3.05, 3.63) is 23.3 Å². The number of Topliss-reactive ketones (excluding diaryl/α,β-unsaturated/α-hetero) is 1. The molecular weight excluding hydrogens is 544 g/mol. The molecule has 2 saturated carbocycles. The summed E-state index contributed by atoms with van der Waals surface area (Å²) in [5.74, 6) is -2.72. The molecule has 7 atom stereocenters. The Kier molecular flexibility index (Phi) is 10.4. The Morgan fingerprint density at radius 3 is 2.16 bits per heavy atom. The minimum absolute atomic E-state index is 0.00245. The SMILES string of the molecule is CCCCCCCCCC(=O)OCC1=C[C@H]2[C@@H]3C(C)(C)[C@]3(OC(=O)CCCCC)C[C@@H](C)[C@]2(O)[C@@H]2C=C(C)C(=O)[C@@]2(O)C1. The van der Waals surface area contributed by atoms with Gasteiger partial charge < -0.3 is 19.7 Å². The molecule has 0 bridgehead atoms. The maximum absolute atomic E-state index is 13.4. The second-order valence-corrected chi connectivity index (χ2v) is 14.7. The first-order valence-corrected chi connectivity index (χ1v) is 17.0. The number of hydrogen-bond acceptors (Lipinski definition) is 7. The molecule has 4 aliphatic rings. The van der Waals surface area contributed by atoms with Crippen LogP contribution in [0.25, 0.3) is 0 Å². The molecule has 0 amide bonds. The van der Waals surface area contributed by atoms with E-state index in [-0.39, 0.29) is 42.6 Å². The van der Waals surface area contributed by atoms with Crippen LogP contribution >= 0.6 is 0 Å². The van der Waals surface area contributed by atoms with Crippen molar-refractivity contribution in [1.29, 1.82) is 0 Å². The highest BCUT2D eigenvalue weighted by Crippen LogP contribution is 2.76. The fourth-order valence-electron chi connectivity index (χ4n) is 8.83. The average molecular weight is 601 g/mol. The first kappa shape index (κ1) is 33.9. The quantitative estimate of drug-likeness (QED) is 0.121. The van der Waals surface area contributed by atoms with Crippen LogP contribution in [0, 0.1) is 29.1 Å². The van der Waals surface area contributed by atoms with Gasteiger partial charge in [0.1, 0.15) is 17.8 Å². The number of rotatable bonds is 15. The summed E-state index contributed by atoms with van der Waals surface area (Å²) in [6, 6.07) is 0. The summed E-state index contributed by atoms with van der Waals surface area (Å²) in [6.45, 7) is 12.1. The van der Waals surface area contributed by atoms with Gasteiger partial charge in [-0.2, -0.15) is 0 Å². The summed E-state index contributed by atoms with van der Waals surface area (Å²) in [5.41, 5.74) is -3.30. The molecule has 0 aromatic heterocycles. The molecule has 0 radical (unpaired) electrons. The summed E-state index contributed by atoms with van der Waals surface area (Å²) < 4.78 is 12.0. The van der Waals surface area contributed by atoms with E-state index in [9.17, 15) is 24.6 Å². The van der Waals surface area contributed by atoms with Crippen molar-refractivity contribution in [1.82, 2.24) is 0 Å². The van der Waals surface area contributed by atoms with Gasteiger partial charge in [0.05, 0.1) is 5.60 Å². The van der Waals surface area contributed by atoms with Gasteiger partial charge in [-0.15, -0.1) is 0 Å². The summed E-state index contributed by atoms with van der Waals surface area (Å²) in [4.78, 5) is 39.1. The van der Waals surface area contributed by atoms with Crippen molar-refractivity contribution >= 4 is 17.7 Å². The number of carbonyl (C=O) groups is 3. The molecule has 0 aromatic rings. The van der Waals surface area contributed by atoms with E-state index < -0.39 is 34.1 Å². The third kappa shape index (κ3) is 6.14. The van der Waals surface area contributed by atoms with Gasteiger partial charge in [0, 0.05) is 42.4 Å². The Morgan fingerprint density at radius 1 is 0.907 bits per heavy atom. The largest absolute Gasteiger partial charge is 0.461 e. The minimum Gasteiger partial charge on any atom is -0.461 e. The maximum atomic E-state index is 13.4. The van der Waals surface area contributed by atoms with Gasteiger partial charge >= 0.3 is 11.9 Å². The van der Waals surface area contributed by atoms with Gasteiger partial charge in [-0.25, -0.2) is 0 Å². The minimum atomic E-state index is -1.81. The Morgan fingerprint density at radius 2 is 1.49 bits per heavy atom. The zero-order chi connectivity index (χ0) is 31.6. The molecule has 2 N–H and O–H groups in total. The van der Waals surface area contributed by atoms with Crippen molar-refractivity contribution in [2.24, 2.45) is 29.1 Å². The fourth-order valence-corrected chi connectivity index (χ4v) is 8.83. The Bertz CT molecular complexity index is 1120. The zero-order valence-electron chi connectivity index (χ0n) is 27.5. The van der Waals surface area contributed by atoms with E-state index in [1.54, 1.807) is 13.0 Å². The Labute approximate surface area is 258 Å². The van der Waals surface area contributed by atoms with Crippen LogP contribution in [0.3, 0.4) is 0 Å². The molecule has 242 valence electrons. The number of carbonyl (C=O) groups excluding carboxylic acids is 3. The van der Waals surface area contributed by atoms with E-state index >= 15 is 0 Å². The third-order valence-corrected chi connectivity index (χ3v) is 11.4. The molecule has 0 heterocycles. The van der Waals surface area contributed by atoms with E-state index in [1.807, 2.05) is 13.0 Å². The first-order chi connectivity index (χ1) is 20.3. The lowest BCUT2D eigenvalue weighted by Gasteiger charge is -2.50. The summed E-state index contributed by atoms with van der Waals surface area (Å²) in [6.07, 6.45) is 15.4. The van der Waals surface area contributed by atoms with Crippen LogP contribution in [0.2, 0.25) is 0 Å². The van der Waals surface area contributed by atoms with Crippen LogP contribution in [0.15, 0.2) is 23.3 Å². The van der Waals surface area contributed by atoms with Crippen molar-refractivity contribution < 1.29 is 34.1 Å². The Hall–Kier alpha value is -1.99. The molecule has 4 rings (SSSR count). The molecule has 0 aliphatic heterocycles.